The maximum absolute atomic E-state index is 12.8. The molecule has 0 radical (unpaired) electrons. The Morgan fingerprint density at radius 1 is 1.42 bits per heavy atom. The molecule has 9 nitrogen and oxygen atoms in total. The molecule has 0 saturated heterocycles. The molecule has 1 amide bonds. The SMILES string of the molecule is O=C(COc1nc[nH]c(=O)c1[N+](=O)[O-])Nc1ccc(Cl)c(C(F)(F)F)c1. The summed E-state index contributed by atoms with van der Waals surface area (Å²) in [5.41, 5.74) is -3.47. The highest BCUT2D eigenvalue weighted by molar-refractivity contribution is 6.31. The molecule has 2 N–H and O–H groups in total. The summed E-state index contributed by atoms with van der Waals surface area (Å²) in [4.78, 5) is 38.2. The first-order valence-corrected chi connectivity index (χ1v) is 6.99. The van der Waals surface area contributed by atoms with Gasteiger partial charge in [-0.15, -0.1) is 0 Å². The van der Waals surface area contributed by atoms with E-state index in [0.29, 0.717) is 6.07 Å². The van der Waals surface area contributed by atoms with E-state index in [1.54, 1.807) is 0 Å². The van der Waals surface area contributed by atoms with Crippen molar-refractivity contribution < 1.29 is 27.6 Å². The summed E-state index contributed by atoms with van der Waals surface area (Å²) in [7, 11) is 0. The predicted molar refractivity (Wildman–Crippen MR) is 82.1 cm³/mol. The van der Waals surface area contributed by atoms with Gasteiger partial charge in [0.2, 0.25) is 0 Å². The van der Waals surface area contributed by atoms with Crippen molar-refractivity contribution >= 4 is 28.9 Å². The van der Waals surface area contributed by atoms with E-state index in [0.717, 1.165) is 18.5 Å². The number of hydrogen-bond acceptors (Lipinski definition) is 6. The van der Waals surface area contributed by atoms with Crippen LogP contribution < -0.4 is 15.6 Å². The Morgan fingerprint density at radius 2 is 2.12 bits per heavy atom. The number of amides is 1. The molecule has 0 aliphatic heterocycles. The van der Waals surface area contributed by atoms with Gasteiger partial charge in [0.05, 0.1) is 21.8 Å². The van der Waals surface area contributed by atoms with Gasteiger partial charge >= 0.3 is 23.3 Å². The summed E-state index contributed by atoms with van der Waals surface area (Å²) in [5, 5.41) is 12.4. The lowest BCUT2D eigenvalue weighted by atomic mass is 10.2. The minimum absolute atomic E-state index is 0.219. The van der Waals surface area contributed by atoms with Gasteiger partial charge in [0.1, 0.15) is 0 Å². The molecule has 2 rings (SSSR count). The summed E-state index contributed by atoms with van der Waals surface area (Å²) in [6.45, 7) is -0.832. The number of anilines is 1. The minimum atomic E-state index is -4.72. The van der Waals surface area contributed by atoms with Crippen LogP contribution in [0.25, 0.3) is 0 Å². The van der Waals surface area contributed by atoms with Crippen molar-refractivity contribution in [1.29, 1.82) is 0 Å². The van der Waals surface area contributed by atoms with Crippen molar-refractivity contribution in [2.24, 2.45) is 0 Å². The normalized spacial score (nSPS) is 11.1. The number of benzene rings is 1. The molecule has 2 aromatic rings. The number of aromatic nitrogens is 2. The van der Waals surface area contributed by atoms with Crippen LogP contribution in [-0.4, -0.2) is 27.4 Å². The van der Waals surface area contributed by atoms with Crippen LogP contribution in [0.5, 0.6) is 5.88 Å². The van der Waals surface area contributed by atoms with Crippen molar-refractivity contribution in [1.82, 2.24) is 9.97 Å². The first-order valence-electron chi connectivity index (χ1n) is 6.61. The molecular formula is C13H8ClF3N4O5. The zero-order chi connectivity index (χ0) is 19.5. The predicted octanol–water partition coefficient (Wildman–Crippen LogP) is 2.37. The average molecular weight is 393 g/mol. The molecule has 1 heterocycles. The number of hydrogen-bond donors (Lipinski definition) is 2. The highest BCUT2D eigenvalue weighted by Crippen LogP contribution is 2.36. The van der Waals surface area contributed by atoms with Crippen molar-refractivity contribution in [3.63, 3.8) is 0 Å². The highest BCUT2D eigenvalue weighted by atomic mass is 35.5. The van der Waals surface area contributed by atoms with Crippen LogP contribution in [0, 0.1) is 10.1 Å². The summed E-state index contributed by atoms with van der Waals surface area (Å²) < 4.78 is 43.1. The van der Waals surface area contributed by atoms with Crippen LogP contribution in [0.3, 0.4) is 0 Å². The summed E-state index contributed by atoms with van der Waals surface area (Å²) in [5.74, 6) is -1.64. The van der Waals surface area contributed by atoms with Gasteiger partial charge in [-0.05, 0) is 18.2 Å². The topological polar surface area (TPSA) is 127 Å². The van der Waals surface area contributed by atoms with Gasteiger partial charge in [-0.2, -0.15) is 18.2 Å². The van der Waals surface area contributed by atoms with Crippen molar-refractivity contribution in [3.05, 3.63) is 55.6 Å². The van der Waals surface area contributed by atoms with E-state index in [-0.39, 0.29) is 5.69 Å². The Hall–Kier alpha value is -3.15. The minimum Gasteiger partial charge on any atom is -0.462 e. The standard InChI is InChI=1S/C13H8ClF3N4O5/c14-8-2-1-6(3-7(8)13(15,16)17)20-9(22)4-26-12-10(21(24)25)11(23)18-5-19-12/h1-3,5H,4H2,(H,20,22)(H,18,19,23). The monoisotopic (exact) mass is 392 g/mol. The number of carbonyl (C=O) groups is 1. The van der Waals surface area contributed by atoms with Gasteiger partial charge in [0.15, 0.2) is 6.61 Å². The first-order chi connectivity index (χ1) is 12.1. The fourth-order valence-corrected chi connectivity index (χ4v) is 2.02. The van der Waals surface area contributed by atoms with Gasteiger partial charge in [-0.25, -0.2) is 0 Å². The maximum atomic E-state index is 12.8. The average Bonchev–Trinajstić information content (AvgIpc) is 2.53. The smallest absolute Gasteiger partial charge is 0.417 e. The zero-order valence-electron chi connectivity index (χ0n) is 12.5. The first kappa shape index (κ1) is 19.2. The number of nitrogens with zero attached hydrogens (tertiary/aromatic N) is 2. The number of ether oxygens (including phenoxy) is 1. The van der Waals surface area contributed by atoms with Crippen LogP contribution in [0.2, 0.25) is 5.02 Å². The van der Waals surface area contributed by atoms with Crippen molar-refractivity contribution in [3.8, 4) is 5.88 Å². The second-order valence-electron chi connectivity index (χ2n) is 4.67. The van der Waals surface area contributed by atoms with Crippen molar-refractivity contribution in [2.75, 3.05) is 11.9 Å². The number of halogens is 4. The molecule has 0 unspecified atom stereocenters. The Balaban J connectivity index is 2.10. The zero-order valence-corrected chi connectivity index (χ0v) is 13.2. The molecule has 1 aromatic heterocycles. The summed E-state index contributed by atoms with van der Waals surface area (Å²) >= 11 is 5.46. The van der Waals surface area contributed by atoms with E-state index < -0.39 is 51.3 Å². The molecule has 26 heavy (non-hydrogen) atoms. The molecule has 13 heteroatoms. The summed E-state index contributed by atoms with van der Waals surface area (Å²) in [6.07, 6.45) is -3.89. The number of nitro groups is 1. The van der Waals surface area contributed by atoms with Gasteiger partial charge in [0, 0.05) is 5.69 Å². The molecule has 0 aliphatic carbocycles. The molecule has 0 spiro atoms. The molecule has 0 fully saturated rings. The lowest BCUT2D eigenvalue weighted by molar-refractivity contribution is -0.387. The Morgan fingerprint density at radius 3 is 2.73 bits per heavy atom. The number of rotatable bonds is 5. The van der Waals surface area contributed by atoms with Gasteiger partial charge < -0.3 is 15.0 Å². The Bertz CT molecular complexity index is 915. The number of aromatic amines is 1. The third-order valence-corrected chi connectivity index (χ3v) is 3.20. The quantitative estimate of drug-likeness (QED) is 0.594. The molecule has 0 saturated carbocycles. The maximum Gasteiger partial charge on any atom is 0.417 e. The fourth-order valence-electron chi connectivity index (χ4n) is 1.79. The molecule has 0 bridgehead atoms. The van der Waals surface area contributed by atoms with Crippen LogP contribution in [-0.2, 0) is 11.0 Å². The second kappa shape index (κ2) is 7.39. The molecule has 0 atom stereocenters. The van der Waals surface area contributed by atoms with E-state index in [4.69, 9.17) is 16.3 Å². The lowest BCUT2D eigenvalue weighted by Gasteiger charge is -2.12. The van der Waals surface area contributed by atoms with Crippen molar-refractivity contribution in [2.45, 2.75) is 6.18 Å². The highest BCUT2D eigenvalue weighted by Gasteiger charge is 2.33. The molecule has 138 valence electrons. The van der Waals surface area contributed by atoms with Crippen LogP contribution in [0.1, 0.15) is 5.56 Å². The Kier molecular flexibility index (Phi) is 5.45. The van der Waals surface area contributed by atoms with Crippen LogP contribution >= 0.6 is 11.6 Å². The number of nitrogens with one attached hydrogen (secondary N) is 2. The van der Waals surface area contributed by atoms with E-state index in [2.05, 4.69) is 10.3 Å². The van der Waals surface area contributed by atoms with E-state index in [9.17, 15) is 32.9 Å². The summed E-state index contributed by atoms with van der Waals surface area (Å²) in [6, 6.07) is 2.70. The third kappa shape index (κ3) is 4.47. The van der Waals surface area contributed by atoms with Gasteiger partial charge in [-0.3, -0.25) is 19.7 Å². The van der Waals surface area contributed by atoms with Crippen LogP contribution in [0.4, 0.5) is 24.5 Å². The lowest BCUT2D eigenvalue weighted by Crippen LogP contribution is -2.22. The molecular weight excluding hydrogens is 385 g/mol. The fraction of sp³-hybridized carbons (Fsp3) is 0.154. The van der Waals surface area contributed by atoms with Gasteiger partial charge in [0.25, 0.3) is 5.91 Å². The van der Waals surface area contributed by atoms with E-state index in [1.165, 1.54) is 0 Å². The number of alkyl halides is 3. The molecule has 1 aromatic carbocycles. The van der Waals surface area contributed by atoms with E-state index >= 15 is 0 Å². The van der Waals surface area contributed by atoms with Crippen LogP contribution in [0.15, 0.2) is 29.3 Å². The van der Waals surface area contributed by atoms with Gasteiger partial charge in [-0.1, -0.05) is 11.6 Å². The van der Waals surface area contributed by atoms with E-state index in [1.807, 2.05) is 4.98 Å². The Labute approximate surface area is 146 Å². The molecule has 0 aliphatic rings. The third-order valence-electron chi connectivity index (χ3n) is 2.87. The second-order valence-corrected chi connectivity index (χ2v) is 5.08. The number of carbonyl (C=O) groups excluding carboxylic acids is 1. The largest absolute Gasteiger partial charge is 0.462 e. The number of H-pyrrole nitrogens is 1.